The van der Waals surface area contributed by atoms with Gasteiger partial charge in [0.05, 0.1) is 6.10 Å². The van der Waals surface area contributed by atoms with Gasteiger partial charge in [-0.25, -0.2) is 0 Å². The molecule has 5 atom stereocenters. The highest BCUT2D eigenvalue weighted by atomic mass is 16.7. The van der Waals surface area contributed by atoms with Crippen molar-refractivity contribution >= 4 is 11.0 Å². The van der Waals surface area contributed by atoms with Crippen LogP contribution in [-0.2, 0) is 11.2 Å². The Morgan fingerprint density at radius 2 is 1.67 bits per heavy atom. The number of ether oxygens (including phenoxy) is 2. The van der Waals surface area contributed by atoms with Gasteiger partial charge >= 0.3 is 0 Å². The normalized spacial score (nSPS) is 24.0. The summed E-state index contributed by atoms with van der Waals surface area (Å²) in [6.07, 6.45) is -5.16. The molecule has 0 amide bonds. The van der Waals surface area contributed by atoms with Gasteiger partial charge in [-0.2, -0.15) is 0 Å². The predicted molar refractivity (Wildman–Crippen MR) is 129 cm³/mol. The lowest BCUT2D eigenvalue weighted by molar-refractivity contribution is -0.268. The van der Waals surface area contributed by atoms with E-state index in [1.54, 1.807) is 0 Å². The van der Waals surface area contributed by atoms with E-state index in [-0.39, 0.29) is 40.2 Å². The molecule has 10 nitrogen and oxygen atoms in total. The fourth-order valence-electron chi connectivity index (χ4n) is 4.01. The molecule has 2 heterocycles. The van der Waals surface area contributed by atoms with Crippen LogP contribution in [0.4, 0.5) is 0 Å². The Labute approximate surface area is 205 Å². The van der Waals surface area contributed by atoms with Crippen LogP contribution in [0.2, 0.25) is 0 Å². The molecular formula is C26H28O10. The van der Waals surface area contributed by atoms with Gasteiger partial charge in [-0.15, -0.1) is 0 Å². The maximum atomic E-state index is 13.7. The molecule has 0 saturated carbocycles. The van der Waals surface area contributed by atoms with Crippen molar-refractivity contribution in [3.63, 3.8) is 0 Å². The lowest BCUT2D eigenvalue weighted by atomic mass is 10.00. The molecule has 4 rings (SSSR count). The van der Waals surface area contributed by atoms with Crippen LogP contribution >= 0.6 is 0 Å². The van der Waals surface area contributed by atoms with Crippen LogP contribution in [0, 0.1) is 0 Å². The van der Waals surface area contributed by atoms with Crippen molar-refractivity contribution in [1.82, 2.24) is 0 Å². The highest BCUT2D eigenvalue weighted by molar-refractivity contribution is 5.91. The van der Waals surface area contributed by atoms with Gasteiger partial charge in [-0.05, 0) is 51.5 Å². The van der Waals surface area contributed by atoms with Gasteiger partial charge in [0.1, 0.15) is 46.5 Å². The summed E-state index contributed by atoms with van der Waals surface area (Å²) in [7, 11) is 0. The summed E-state index contributed by atoms with van der Waals surface area (Å²) in [6, 6.07) is 6.68. The zero-order chi connectivity index (χ0) is 26.3. The van der Waals surface area contributed by atoms with E-state index in [4.69, 9.17) is 13.9 Å². The molecule has 1 aliphatic heterocycles. The molecule has 3 aromatic rings. The van der Waals surface area contributed by atoms with E-state index < -0.39 is 47.6 Å². The number of hydrogen-bond acceptors (Lipinski definition) is 10. The maximum absolute atomic E-state index is 13.7. The van der Waals surface area contributed by atoms with Gasteiger partial charge in [0.2, 0.25) is 17.5 Å². The first-order valence-corrected chi connectivity index (χ1v) is 11.3. The number of fused-ring (bicyclic) bond motifs is 1. The summed E-state index contributed by atoms with van der Waals surface area (Å²) in [5, 5.41) is 61.1. The Morgan fingerprint density at radius 3 is 2.31 bits per heavy atom. The molecule has 0 unspecified atom stereocenters. The maximum Gasteiger partial charge on any atom is 0.239 e. The number of phenolic OH excluding ortho intramolecular Hbond substituents is 3. The van der Waals surface area contributed by atoms with Crippen LogP contribution in [0.15, 0.2) is 51.2 Å². The Balaban J connectivity index is 1.97. The Bertz CT molecular complexity index is 1350. The third kappa shape index (κ3) is 4.63. The first kappa shape index (κ1) is 25.5. The molecule has 0 aliphatic carbocycles. The topological polar surface area (TPSA) is 170 Å². The Hall–Kier alpha value is -3.57. The fourth-order valence-corrected chi connectivity index (χ4v) is 4.01. The van der Waals surface area contributed by atoms with E-state index in [1.165, 1.54) is 31.2 Å². The molecule has 0 radical (unpaired) electrons. The number of hydrogen-bond donors (Lipinski definition) is 6. The van der Waals surface area contributed by atoms with Crippen molar-refractivity contribution < 1.29 is 44.5 Å². The zero-order valence-electron chi connectivity index (χ0n) is 19.9. The number of allylic oxidation sites excluding steroid dienone is 2. The fraction of sp³-hybridized carbons (Fsp3) is 0.346. The van der Waals surface area contributed by atoms with Crippen LogP contribution in [-0.4, -0.2) is 61.3 Å². The molecule has 1 aliphatic rings. The molecule has 6 N–H and O–H groups in total. The third-order valence-electron chi connectivity index (χ3n) is 6.07. The zero-order valence-corrected chi connectivity index (χ0v) is 19.9. The lowest BCUT2D eigenvalue weighted by Gasteiger charge is -2.38. The second kappa shape index (κ2) is 9.82. The van der Waals surface area contributed by atoms with E-state index in [0.717, 1.165) is 11.6 Å². The van der Waals surface area contributed by atoms with Gasteiger partial charge in [0.25, 0.3) is 0 Å². The number of aliphatic hydroxyl groups excluding tert-OH is 3. The second-order valence-electron chi connectivity index (χ2n) is 9.02. The van der Waals surface area contributed by atoms with E-state index >= 15 is 0 Å². The number of rotatable bonds is 5. The third-order valence-corrected chi connectivity index (χ3v) is 6.07. The number of aliphatic hydroxyl groups is 3. The Kier molecular flexibility index (Phi) is 6.96. The van der Waals surface area contributed by atoms with Gasteiger partial charge < -0.3 is 44.5 Å². The standard InChI is InChI=1S/C26H28O10/c1-11(2)4-9-15-16(28)10-17(29)18-20(31)25(36-26-22(33)21(32)19(30)12(3)34-26)23(35-24(15)18)13-5-7-14(27)8-6-13/h4-8,10,12,19,21-22,26-30,32-33H,9H2,1-3H3/t12-,19-,21+,22+,26+/m0/s1. The first-order chi connectivity index (χ1) is 17.0. The molecule has 1 fully saturated rings. The monoisotopic (exact) mass is 500 g/mol. The van der Waals surface area contributed by atoms with Crippen molar-refractivity contribution in [3.05, 3.63) is 57.8 Å². The SMILES string of the molecule is CC(C)=CCc1c(O)cc(O)c2c(=O)c(O[C@H]3O[C@@H](C)[C@H](O)[C@@H](O)[C@H]3O)c(-c3ccc(O)cc3)oc12. The minimum Gasteiger partial charge on any atom is -0.508 e. The van der Waals surface area contributed by atoms with E-state index in [1.807, 2.05) is 19.9 Å². The highest BCUT2D eigenvalue weighted by Gasteiger charge is 2.44. The van der Waals surface area contributed by atoms with Gasteiger partial charge in [-0.1, -0.05) is 11.6 Å². The molecule has 2 aromatic carbocycles. The minimum atomic E-state index is -1.71. The molecule has 1 saturated heterocycles. The smallest absolute Gasteiger partial charge is 0.239 e. The number of aromatic hydroxyl groups is 3. The van der Waals surface area contributed by atoms with E-state index in [2.05, 4.69) is 0 Å². The van der Waals surface area contributed by atoms with E-state index in [0.29, 0.717) is 5.56 Å². The van der Waals surface area contributed by atoms with Crippen LogP contribution in [0.3, 0.4) is 0 Å². The molecule has 0 bridgehead atoms. The summed E-state index contributed by atoms with van der Waals surface area (Å²) < 4.78 is 17.3. The van der Waals surface area contributed by atoms with Gasteiger partial charge in [0, 0.05) is 17.2 Å². The molecular weight excluding hydrogens is 472 g/mol. The van der Waals surface area contributed by atoms with Crippen molar-refractivity contribution in [2.45, 2.75) is 57.9 Å². The summed E-state index contributed by atoms with van der Waals surface area (Å²) in [5.74, 6) is -1.43. The average molecular weight is 501 g/mol. The lowest BCUT2D eigenvalue weighted by Crippen LogP contribution is -2.58. The van der Waals surface area contributed by atoms with Crippen molar-refractivity contribution in [2.24, 2.45) is 0 Å². The summed E-state index contributed by atoms with van der Waals surface area (Å²) in [6.45, 7) is 5.20. The van der Waals surface area contributed by atoms with Gasteiger partial charge in [-0.3, -0.25) is 4.79 Å². The number of benzene rings is 2. The van der Waals surface area contributed by atoms with Gasteiger partial charge in [0.15, 0.2) is 5.76 Å². The summed E-state index contributed by atoms with van der Waals surface area (Å²) >= 11 is 0. The Morgan fingerprint density at radius 1 is 1.00 bits per heavy atom. The van der Waals surface area contributed by atoms with Crippen LogP contribution in [0.1, 0.15) is 26.3 Å². The van der Waals surface area contributed by atoms with Crippen molar-refractivity contribution in [3.8, 4) is 34.3 Å². The molecule has 0 spiro atoms. The molecule has 1 aromatic heterocycles. The summed E-state index contributed by atoms with van der Waals surface area (Å²) in [4.78, 5) is 13.7. The quantitative estimate of drug-likeness (QED) is 0.286. The first-order valence-electron chi connectivity index (χ1n) is 11.3. The predicted octanol–water partition coefficient (Wildman–Crippen LogP) is 2.29. The number of phenols is 3. The molecule has 36 heavy (non-hydrogen) atoms. The second-order valence-corrected chi connectivity index (χ2v) is 9.02. The van der Waals surface area contributed by atoms with Crippen molar-refractivity contribution in [1.29, 1.82) is 0 Å². The van der Waals surface area contributed by atoms with Crippen LogP contribution < -0.4 is 10.2 Å². The summed E-state index contributed by atoms with van der Waals surface area (Å²) in [5.41, 5.74) is 0.624. The molecule has 192 valence electrons. The largest absolute Gasteiger partial charge is 0.508 e. The van der Waals surface area contributed by atoms with Crippen LogP contribution in [0.5, 0.6) is 23.0 Å². The molecule has 10 heteroatoms. The highest BCUT2D eigenvalue weighted by Crippen LogP contribution is 2.40. The minimum absolute atomic E-state index is 0.0409. The average Bonchev–Trinajstić information content (AvgIpc) is 2.82. The van der Waals surface area contributed by atoms with Crippen molar-refractivity contribution in [2.75, 3.05) is 0 Å². The van der Waals surface area contributed by atoms with Crippen LogP contribution in [0.25, 0.3) is 22.3 Å². The van der Waals surface area contributed by atoms with E-state index in [9.17, 15) is 35.4 Å².